The van der Waals surface area contributed by atoms with Crippen LogP contribution in [0.1, 0.15) is 70.6 Å². The normalized spacial score (nSPS) is 14.8. The fourth-order valence-electron chi connectivity index (χ4n) is 2.55. The fraction of sp³-hybridized carbons (Fsp3) is 0.750. The van der Waals surface area contributed by atoms with Gasteiger partial charge < -0.3 is 0 Å². The molecule has 116 valence electrons. The first-order chi connectivity index (χ1) is 9.58. The van der Waals surface area contributed by atoms with E-state index in [0.29, 0.717) is 6.42 Å². The van der Waals surface area contributed by atoms with E-state index in [-0.39, 0.29) is 5.75 Å². The van der Waals surface area contributed by atoms with Gasteiger partial charge in [-0.1, -0.05) is 68.7 Å². The molecule has 0 atom stereocenters. The van der Waals surface area contributed by atoms with Crippen molar-refractivity contribution >= 4 is 10.1 Å². The van der Waals surface area contributed by atoms with Crippen LogP contribution >= 0.6 is 0 Å². The van der Waals surface area contributed by atoms with Crippen LogP contribution in [0, 0.1) is 0 Å². The van der Waals surface area contributed by atoms with Crippen LogP contribution in [0.3, 0.4) is 0 Å². The first kappa shape index (κ1) is 17.4. The first-order valence-electron chi connectivity index (χ1n) is 7.88. The lowest BCUT2D eigenvalue weighted by Gasteiger charge is -2.03. The Kier molecular flexibility index (Phi) is 8.86. The van der Waals surface area contributed by atoms with Crippen LogP contribution in [0.5, 0.6) is 0 Å². The molecule has 3 nitrogen and oxygen atoms in total. The molecule has 1 aliphatic carbocycles. The minimum atomic E-state index is -3.75. The Bertz CT molecular complexity index is 407. The molecule has 0 saturated heterocycles. The van der Waals surface area contributed by atoms with Gasteiger partial charge in [0, 0.05) is 0 Å². The van der Waals surface area contributed by atoms with Gasteiger partial charge in [-0.25, -0.2) is 0 Å². The molecule has 0 fully saturated rings. The Morgan fingerprint density at radius 3 is 1.95 bits per heavy atom. The molecule has 1 rings (SSSR count). The quantitative estimate of drug-likeness (QED) is 0.421. The number of allylic oxidation sites excluding steroid dienone is 4. The Labute approximate surface area is 123 Å². The zero-order chi connectivity index (χ0) is 14.7. The van der Waals surface area contributed by atoms with Crippen molar-refractivity contribution in [2.75, 3.05) is 5.75 Å². The second-order valence-corrected chi connectivity index (χ2v) is 7.25. The van der Waals surface area contributed by atoms with Crippen LogP contribution in [0.2, 0.25) is 0 Å². The van der Waals surface area contributed by atoms with Crippen molar-refractivity contribution in [2.45, 2.75) is 70.6 Å². The number of unbranched alkanes of at least 4 members (excludes halogenated alkanes) is 8. The maximum atomic E-state index is 10.5. The van der Waals surface area contributed by atoms with Crippen LogP contribution in [0.25, 0.3) is 0 Å². The lowest BCUT2D eigenvalue weighted by atomic mass is 10.0. The smallest absolute Gasteiger partial charge is 0.264 e. The second-order valence-electron chi connectivity index (χ2n) is 5.68. The summed E-state index contributed by atoms with van der Waals surface area (Å²) >= 11 is 0. The van der Waals surface area contributed by atoms with Gasteiger partial charge in [-0.3, -0.25) is 4.55 Å². The highest BCUT2D eigenvalue weighted by molar-refractivity contribution is 7.85. The summed E-state index contributed by atoms with van der Waals surface area (Å²) in [6, 6.07) is 0. The molecule has 0 radical (unpaired) electrons. The van der Waals surface area contributed by atoms with E-state index in [1.807, 2.05) is 0 Å². The lowest BCUT2D eigenvalue weighted by Crippen LogP contribution is -2.03. The maximum Gasteiger partial charge on any atom is 0.264 e. The summed E-state index contributed by atoms with van der Waals surface area (Å²) in [4.78, 5) is 0. The zero-order valence-electron chi connectivity index (χ0n) is 12.4. The Balaban J connectivity index is 1.76. The molecular weight excluding hydrogens is 272 g/mol. The van der Waals surface area contributed by atoms with E-state index in [4.69, 9.17) is 4.55 Å². The van der Waals surface area contributed by atoms with Gasteiger partial charge in [-0.2, -0.15) is 8.42 Å². The Morgan fingerprint density at radius 2 is 1.45 bits per heavy atom. The van der Waals surface area contributed by atoms with Crippen molar-refractivity contribution in [1.82, 2.24) is 0 Å². The molecule has 0 aromatic rings. The molecule has 0 aromatic carbocycles. The maximum absolute atomic E-state index is 10.5. The number of rotatable bonds is 12. The summed E-state index contributed by atoms with van der Waals surface area (Å²) in [5.74, 6) is -0.0856. The SMILES string of the molecule is O=S(=O)(O)CCCCCCCCCCCC1=CC=CC1. The van der Waals surface area contributed by atoms with E-state index in [9.17, 15) is 8.42 Å². The van der Waals surface area contributed by atoms with Crippen LogP contribution < -0.4 is 0 Å². The van der Waals surface area contributed by atoms with Crippen LogP contribution in [0.4, 0.5) is 0 Å². The van der Waals surface area contributed by atoms with E-state index < -0.39 is 10.1 Å². The molecule has 0 aromatic heterocycles. The highest BCUT2D eigenvalue weighted by Crippen LogP contribution is 2.18. The van der Waals surface area contributed by atoms with Gasteiger partial charge in [0.15, 0.2) is 0 Å². The topological polar surface area (TPSA) is 54.4 Å². The average Bonchev–Trinajstić information content (AvgIpc) is 2.87. The van der Waals surface area contributed by atoms with Gasteiger partial charge in [0.05, 0.1) is 5.75 Å². The highest BCUT2D eigenvalue weighted by atomic mass is 32.2. The summed E-state index contributed by atoms with van der Waals surface area (Å²) in [6.45, 7) is 0. The summed E-state index contributed by atoms with van der Waals surface area (Å²) in [7, 11) is -3.75. The molecule has 0 saturated carbocycles. The molecule has 1 N–H and O–H groups in total. The molecule has 0 heterocycles. The van der Waals surface area contributed by atoms with E-state index in [1.165, 1.54) is 44.9 Å². The van der Waals surface area contributed by atoms with Gasteiger partial charge in [-0.05, 0) is 25.7 Å². The highest BCUT2D eigenvalue weighted by Gasteiger charge is 2.03. The third kappa shape index (κ3) is 10.2. The number of hydrogen-bond donors (Lipinski definition) is 1. The van der Waals surface area contributed by atoms with Crippen LogP contribution in [0.15, 0.2) is 23.8 Å². The Hall–Kier alpha value is -0.610. The third-order valence-corrected chi connectivity index (χ3v) is 4.55. The summed E-state index contributed by atoms with van der Waals surface area (Å²) in [6.07, 6.45) is 19.2. The lowest BCUT2D eigenvalue weighted by molar-refractivity contribution is 0.478. The monoisotopic (exact) mass is 300 g/mol. The molecule has 0 spiro atoms. The van der Waals surface area contributed by atoms with Crippen LogP contribution in [-0.2, 0) is 10.1 Å². The minimum absolute atomic E-state index is 0.0856. The standard InChI is InChI=1S/C16H28O3S/c17-20(18,19)15-11-7-5-3-1-2-4-6-8-12-16-13-9-10-14-16/h9-10,13H,1-8,11-12,14-15H2,(H,17,18,19). The molecule has 0 bridgehead atoms. The third-order valence-electron chi connectivity index (χ3n) is 3.75. The molecule has 1 aliphatic rings. The van der Waals surface area contributed by atoms with Crippen molar-refractivity contribution < 1.29 is 13.0 Å². The molecule has 0 unspecified atom stereocenters. The van der Waals surface area contributed by atoms with E-state index in [1.54, 1.807) is 5.57 Å². The van der Waals surface area contributed by atoms with Gasteiger partial charge in [0.25, 0.3) is 10.1 Å². The average molecular weight is 300 g/mol. The fourth-order valence-corrected chi connectivity index (χ4v) is 3.12. The van der Waals surface area contributed by atoms with E-state index in [2.05, 4.69) is 18.2 Å². The van der Waals surface area contributed by atoms with Crippen molar-refractivity contribution in [1.29, 1.82) is 0 Å². The van der Waals surface area contributed by atoms with Crippen molar-refractivity contribution in [3.8, 4) is 0 Å². The molecule has 0 aliphatic heterocycles. The number of hydrogen-bond acceptors (Lipinski definition) is 2. The zero-order valence-corrected chi connectivity index (χ0v) is 13.2. The molecular formula is C16H28O3S. The van der Waals surface area contributed by atoms with Gasteiger partial charge in [0.1, 0.15) is 0 Å². The Morgan fingerprint density at radius 1 is 0.900 bits per heavy atom. The summed E-state index contributed by atoms with van der Waals surface area (Å²) in [5.41, 5.74) is 1.57. The second kappa shape index (κ2) is 10.2. The van der Waals surface area contributed by atoms with Crippen LogP contribution in [-0.4, -0.2) is 18.7 Å². The largest absolute Gasteiger partial charge is 0.286 e. The van der Waals surface area contributed by atoms with E-state index >= 15 is 0 Å². The minimum Gasteiger partial charge on any atom is -0.286 e. The van der Waals surface area contributed by atoms with Gasteiger partial charge in [0.2, 0.25) is 0 Å². The van der Waals surface area contributed by atoms with Crippen molar-refractivity contribution in [3.63, 3.8) is 0 Å². The molecule has 4 heteroatoms. The predicted molar refractivity (Wildman–Crippen MR) is 84.4 cm³/mol. The molecule has 0 amide bonds. The van der Waals surface area contributed by atoms with E-state index in [0.717, 1.165) is 19.3 Å². The molecule has 20 heavy (non-hydrogen) atoms. The summed E-state index contributed by atoms with van der Waals surface area (Å²) in [5, 5.41) is 0. The predicted octanol–water partition coefficient (Wildman–Crippen LogP) is 4.66. The van der Waals surface area contributed by atoms with Crippen molar-refractivity contribution in [3.05, 3.63) is 23.8 Å². The van der Waals surface area contributed by atoms with Crippen molar-refractivity contribution in [2.24, 2.45) is 0 Å². The van der Waals surface area contributed by atoms with Gasteiger partial charge in [-0.15, -0.1) is 0 Å². The van der Waals surface area contributed by atoms with Gasteiger partial charge >= 0.3 is 0 Å². The summed E-state index contributed by atoms with van der Waals surface area (Å²) < 4.78 is 29.6. The first-order valence-corrected chi connectivity index (χ1v) is 9.48.